The second-order valence-corrected chi connectivity index (χ2v) is 3.17. The molecule has 0 radical (unpaired) electrons. The predicted molar refractivity (Wildman–Crippen MR) is 56.8 cm³/mol. The molecule has 2 N–H and O–H groups in total. The lowest BCUT2D eigenvalue weighted by Gasteiger charge is -2.14. The fourth-order valence-corrected chi connectivity index (χ4v) is 0.902. The highest BCUT2D eigenvalue weighted by Crippen LogP contribution is 2.03. The number of amides is 1. The number of carbonyl (C=O) groups excluding carboxylic acids is 1. The first kappa shape index (κ1) is 14.6. The number of carboxylic acids is 1. The maximum atomic E-state index is 11.5. The van der Waals surface area contributed by atoms with Gasteiger partial charge in [-0.25, -0.2) is 4.79 Å². The summed E-state index contributed by atoms with van der Waals surface area (Å²) in [7, 11) is 2.90. The van der Waals surface area contributed by atoms with Crippen LogP contribution in [0.5, 0.6) is 0 Å². The molecule has 6 heteroatoms. The Morgan fingerprint density at radius 3 is 2.06 bits per heavy atom. The highest BCUT2D eigenvalue weighted by molar-refractivity contribution is 6.01. The number of hydrogen-bond donors (Lipinski definition) is 2. The van der Waals surface area contributed by atoms with Gasteiger partial charge >= 0.3 is 5.97 Å². The van der Waals surface area contributed by atoms with Crippen LogP contribution in [0.1, 0.15) is 13.8 Å². The first-order valence-electron chi connectivity index (χ1n) is 4.68. The van der Waals surface area contributed by atoms with E-state index in [1.165, 1.54) is 28.1 Å². The topological polar surface area (TPSA) is 84.9 Å². The third kappa shape index (κ3) is 4.41. The molecule has 0 saturated carbocycles. The highest BCUT2D eigenvalue weighted by atomic mass is 16.7. The van der Waals surface area contributed by atoms with Gasteiger partial charge in [0.2, 0.25) is 5.91 Å². The van der Waals surface area contributed by atoms with E-state index in [0.717, 1.165) is 0 Å². The molecule has 0 spiro atoms. The maximum Gasteiger partial charge on any atom is 0.331 e. The summed E-state index contributed by atoms with van der Waals surface area (Å²) in [6.07, 6.45) is -0.540. The largest absolute Gasteiger partial charge is 0.478 e. The summed E-state index contributed by atoms with van der Waals surface area (Å²) in [6.45, 7) is 2.99. The second kappa shape index (κ2) is 6.97. The van der Waals surface area contributed by atoms with Gasteiger partial charge < -0.3 is 19.9 Å². The third-order valence-corrected chi connectivity index (χ3v) is 2.18. The molecule has 0 aliphatic heterocycles. The number of carboxylic acid groups (broad SMARTS) is 1. The van der Waals surface area contributed by atoms with Crippen LogP contribution in [-0.2, 0) is 19.1 Å². The minimum Gasteiger partial charge on any atom is -0.478 e. The molecule has 92 valence electrons. The van der Waals surface area contributed by atoms with Crippen LogP contribution in [-0.4, -0.2) is 44.0 Å². The zero-order chi connectivity index (χ0) is 12.7. The Hall–Kier alpha value is -1.40. The summed E-state index contributed by atoms with van der Waals surface area (Å²) < 4.78 is 9.74. The van der Waals surface area contributed by atoms with Crippen molar-refractivity contribution in [2.45, 2.75) is 20.1 Å². The lowest BCUT2D eigenvalue weighted by molar-refractivity contribution is -0.133. The standard InChI is InChI=1S/C10H17NO5/c1-6(7(2)10(13)14)9(12)11-5-8(15-3)16-4/h8H,5H2,1-4H3,(H,11,12)(H,13,14). The Kier molecular flexibility index (Phi) is 6.36. The molecule has 6 nitrogen and oxygen atoms in total. The molecule has 1 amide bonds. The molecular formula is C10H17NO5. The van der Waals surface area contributed by atoms with E-state index in [4.69, 9.17) is 14.6 Å². The van der Waals surface area contributed by atoms with Crippen molar-refractivity contribution < 1.29 is 24.2 Å². The van der Waals surface area contributed by atoms with Crippen LogP contribution in [0.4, 0.5) is 0 Å². The van der Waals surface area contributed by atoms with Gasteiger partial charge in [-0.15, -0.1) is 0 Å². The molecule has 0 bridgehead atoms. The summed E-state index contributed by atoms with van der Waals surface area (Å²) in [5.74, 6) is -1.55. The van der Waals surface area contributed by atoms with Crippen LogP contribution >= 0.6 is 0 Å². The quantitative estimate of drug-likeness (QED) is 0.502. The van der Waals surface area contributed by atoms with Crippen molar-refractivity contribution in [2.75, 3.05) is 20.8 Å². The number of methoxy groups -OCH3 is 2. The molecule has 0 unspecified atom stereocenters. The molecule has 0 aromatic carbocycles. The molecule has 0 aromatic heterocycles. The molecule has 0 aliphatic carbocycles. The van der Waals surface area contributed by atoms with Gasteiger partial charge in [-0.2, -0.15) is 0 Å². The van der Waals surface area contributed by atoms with Gasteiger partial charge in [0.15, 0.2) is 6.29 Å². The van der Waals surface area contributed by atoms with Crippen LogP contribution in [0.3, 0.4) is 0 Å². The predicted octanol–water partition coefficient (Wildman–Crippen LogP) is 0.142. The van der Waals surface area contributed by atoms with E-state index in [0.29, 0.717) is 0 Å². The molecule has 0 fully saturated rings. The zero-order valence-corrected chi connectivity index (χ0v) is 9.86. The van der Waals surface area contributed by atoms with Crippen LogP contribution < -0.4 is 5.32 Å². The van der Waals surface area contributed by atoms with Gasteiger partial charge in [-0.3, -0.25) is 4.79 Å². The van der Waals surface area contributed by atoms with Gasteiger partial charge in [0.25, 0.3) is 0 Å². The van der Waals surface area contributed by atoms with E-state index in [2.05, 4.69) is 5.32 Å². The number of ether oxygens (including phenoxy) is 2. The van der Waals surface area contributed by atoms with Crippen molar-refractivity contribution in [1.29, 1.82) is 0 Å². The average Bonchev–Trinajstić information content (AvgIpc) is 2.27. The molecule has 16 heavy (non-hydrogen) atoms. The minimum atomic E-state index is -1.11. The Morgan fingerprint density at radius 2 is 1.69 bits per heavy atom. The van der Waals surface area contributed by atoms with E-state index in [-0.39, 0.29) is 17.7 Å². The summed E-state index contributed by atoms with van der Waals surface area (Å²) in [6, 6.07) is 0. The molecule has 0 saturated heterocycles. The number of hydrogen-bond acceptors (Lipinski definition) is 4. The summed E-state index contributed by atoms with van der Waals surface area (Å²) in [5.41, 5.74) is 0.183. The van der Waals surface area contributed by atoms with E-state index >= 15 is 0 Å². The zero-order valence-electron chi connectivity index (χ0n) is 9.86. The number of nitrogens with one attached hydrogen (secondary N) is 1. The van der Waals surface area contributed by atoms with E-state index in [1.807, 2.05) is 0 Å². The fourth-order valence-electron chi connectivity index (χ4n) is 0.902. The summed E-state index contributed by atoms with van der Waals surface area (Å²) in [5, 5.41) is 11.2. The van der Waals surface area contributed by atoms with E-state index < -0.39 is 18.2 Å². The first-order chi connectivity index (χ1) is 7.43. The highest BCUT2D eigenvalue weighted by Gasteiger charge is 2.14. The monoisotopic (exact) mass is 231 g/mol. The molecule has 0 aromatic rings. The normalized spacial score (nSPS) is 12.3. The Bertz CT molecular complexity index is 294. The minimum absolute atomic E-state index is 0.0175. The SMILES string of the molecule is COC(CNC(=O)C(C)=C(C)C(=O)O)OC. The van der Waals surface area contributed by atoms with Gasteiger partial charge in [-0.1, -0.05) is 0 Å². The Morgan fingerprint density at radius 1 is 1.19 bits per heavy atom. The Labute approximate surface area is 94.2 Å². The summed E-state index contributed by atoms with van der Waals surface area (Å²) >= 11 is 0. The van der Waals surface area contributed by atoms with Crippen molar-refractivity contribution in [2.24, 2.45) is 0 Å². The van der Waals surface area contributed by atoms with Crippen molar-refractivity contribution in [3.63, 3.8) is 0 Å². The molecule has 0 atom stereocenters. The maximum absolute atomic E-state index is 11.5. The molecule has 0 aliphatic rings. The van der Waals surface area contributed by atoms with Crippen molar-refractivity contribution >= 4 is 11.9 Å². The van der Waals surface area contributed by atoms with Crippen LogP contribution in [0.2, 0.25) is 0 Å². The van der Waals surface area contributed by atoms with Crippen LogP contribution in [0.15, 0.2) is 11.1 Å². The summed E-state index contributed by atoms with van der Waals surface area (Å²) in [4.78, 5) is 22.1. The van der Waals surface area contributed by atoms with E-state index in [1.54, 1.807) is 0 Å². The lowest BCUT2D eigenvalue weighted by Crippen LogP contribution is -2.35. The van der Waals surface area contributed by atoms with Crippen LogP contribution in [0, 0.1) is 0 Å². The van der Waals surface area contributed by atoms with Crippen molar-refractivity contribution in [3.8, 4) is 0 Å². The molecular weight excluding hydrogens is 214 g/mol. The number of rotatable bonds is 6. The van der Waals surface area contributed by atoms with E-state index in [9.17, 15) is 9.59 Å². The lowest BCUT2D eigenvalue weighted by atomic mass is 10.1. The molecule has 0 heterocycles. The van der Waals surface area contributed by atoms with Gasteiger partial charge in [0.1, 0.15) is 0 Å². The smallest absolute Gasteiger partial charge is 0.331 e. The fraction of sp³-hybridized carbons (Fsp3) is 0.600. The van der Waals surface area contributed by atoms with Crippen molar-refractivity contribution in [3.05, 3.63) is 11.1 Å². The number of aliphatic carboxylic acids is 1. The number of carbonyl (C=O) groups is 2. The Balaban J connectivity index is 4.37. The van der Waals surface area contributed by atoms with Crippen molar-refractivity contribution in [1.82, 2.24) is 5.32 Å². The average molecular weight is 231 g/mol. The van der Waals surface area contributed by atoms with Crippen LogP contribution in [0.25, 0.3) is 0 Å². The first-order valence-corrected chi connectivity index (χ1v) is 4.68. The van der Waals surface area contributed by atoms with Gasteiger partial charge in [0.05, 0.1) is 6.54 Å². The molecule has 0 rings (SSSR count). The third-order valence-electron chi connectivity index (χ3n) is 2.18. The van der Waals surface area contributed by atoms with Gasteiger partial charge in [0, 0.05) is 25.4 Å². The second-order valence-electron chi connectivity index (χ2n) is 3.17. The van der Waals surface area contributed by atoms with Gasteiger partial charge in [-0.05, 0) is 13.8 Å².